The van der Waals surface area contributed by atoms with Crippen LogP contribution >= 0.6 is 0 Å². The molecule has 0 aromatic rings. The summed E-state index contributed by atoms with van der Waals surface area (Å²) in [5.41, 5.74) is 5.32. The van der Waals surface area contributed by atoms with Gasteiger partial charge >= 0.3 is 0 Å². The molecule has 2 nitrogen and oxygen atoms in total. The van der Waals surface area contributed by atoms with E-state index in [2.05, 4.69) is 0 Å². The number of alkyl halides is 2. The molecule has 10 heavy (non-hydrogen) atoms. The maximum Gasteiger partial charge on any atom is 0.241 e. The van der Waals surface area contributed by atoms with Crippen LogP contribution in [-0.2, 0) is 0 Å². The normalized spacial score (nSPS) is 41.1. The summed E-state index contributed by atoms with van der Waals surface area (Å²) in [5, 5.41) is 8.96. The Morgan fingerprint density at radius 1 is 1.40 bits per heavy atom. The summed E-state index contributed by atoms with van der Waals surface area (Å²) in [6, 6.07) is -0.445. The zero-order valence-corrected chi connectivity index (χ0v) is 5.50. The molecule has 0 aromatic heterocycles. The Morgan fingerprint density at radius 3 is 2.20 bits per heavy atom. The third kappa shape index (κ3) is 1.44. The van der Waals surface area contributed by atoms with Crippen molar-refractivity contribution in [3.63, 3.8) is 0 Å². The summed E-state index contributed by atoms with van der Waals surface area (Å²) in [6.45, 7) is 0. The summed E-state index contributed by atoms with van der Waals surface area (Å²) in [7, 11) is 0. The van der Waals surface area contributed by atoms with Gasteiger partial charge in [0.25, 0.3) is 0 Å². The van der Waals surface area contributed by atoms with Gasteiger partial charge in [0.15, 0.2) is 0 Å². The third-order valence-corrected chi connectivity index (χ3v) is 1.97. The van der Waals surface area contributed by atoms with Crippen LogP contribution in [0, 0.1) is 5.92 Å². The second-order valence-electron chi connectivity index (χ2n) is 2.80. The zero-order chi connectivity index (χ0) is 7.72. The second-order valence-corrected chi connectivity index (χ2v) is 2.80. The van der Waals surface area contributed by atoms with Crippen LogP contribution in [0.2, 0.25) is 0 Å². The van der Waals surface area contributed by atoms with Gasteiger partial charge in [0.05, 0.1) is 6.10 Å². The van der Waals surface area contributed by atoms with Gasteiger partial charge in [0.2, 0.25) is 6.43 Å². The summed E-state index contributed by atoms with van der Waals surface area (Å²) >= 11 is 0. The number of hydrogen-bond acceptors (Lipinski definition) is 2. The van der Waals surface area contributed by atoms with Crippen LogP contribution in [0.1, 0.15) is 12.8 Å². The predicted molar refractivity (Wildman–Crippen MR) is 32.7 cm³/mol. The van der Waals surface area contributed by atoms with Crippen LogP contribution in [0.3, 0.4) is 0 Å². The van der Waals surface area contributed by atoms with Crippen LogP contribution in [0.5, 0.6) is 0 Å². The number of aliphatic hydroxyl groups is 1. The number of halogens is 2. The van der Waals surface area contributed by atoms with Crippen LogP contribution in [0.4, 0.5) is 8.78 Å². The van der Waals surface area contributed by atoms with E-state index >= 15 is 0 Å². The van der Waals surface area contributed by atoms with Crippen molar-refractivity contribution in [1.29, 1.82) is 0 Å². The molecule has 3 N–H and O–H groups in total. The van der Waals surface area contributed by atoms with Crippen LogP contribution < -0.4 is 5.73 Å². The number of nitrogens with two attached hydrogens (primary N) is 1. The largest absolute Gasteiger partial charge is 0.392 e. The van der Waals surface area contributed by atoms with E-state index in [-0.39, 0.29) is 12.8 Å². The Bertz CT molecular complexity index is 110. The molecule has 3 atom stereocenters. The van der Waals surface area contributed by atoms with Gasteiger partial charge in [-0.2, -0.15) is 0 Å². The minimum atomic E-state index is -2.33. The minimum absolute atomic E-state index is 0.152. The van der Waals surface area contributed by atoms with Crippen molar-refractivity contribution in [1.82, 2.24) is 0 Å². The van der Waals surface area contributed by atoms with E-state index in [0.29, 0.717) is 0 Å². The fourth-order valence-electron chi connectivity index (χ4n) is 1.29. The highest BCUT2D eigenvalue weighted by atomic mass is 19.3. The van der Waals surface area contributed by atoms with Gasteiger partial charge in [-0.05, 0) is 12.8 Å². The van der Waals surface area contributed by atoms with E-state index in [9.17, 15) is 8.78 Å². The molecule has 1 aliphatic carbocycles. The first-order valence-electron chi connectivity index (χ1n) is 3.33. The molecule has 1 rings (SSSR count). The lowest BCUT2D eigenvalue weighted by atomic mass is 10.1. The molecule has 0 saturated heterocycles. The van der Waals surface area contributed by atoms with E-state index in [1.165, 1.54) is 0 Å². The molecular formula is C6H11F2NO. The van der Waals surface area contributed by atoms with Crippen molar-refractivity contribution in [3.8, 4) is 0 Å². The Balaban J connectivity index is 2.41. The van der Waals surface area contributed by atoms with Gasteiger partial charge < -0.3 is 10.8 Å². The van der Waals surface area contributed by atoms with Crippen LogP contribution in [0.15, 0.2) is 0 Å². The fourth-order valence-corrected chi connectivity index (χ4v) is 1.29. The summed E-state index contributed by atoms with van der Waals surface area (Å²) in [4.78, 5) is 0. The van der Waals surface area contributed by atoms with Crippen LogP contribution in [0.25, 0.3) is 0 Å². The van der Waals surface area contributed by atoms with Gasteiger partial charge in [0, 0.05) is 12.0 Å². The first-order valence-corrected chi connectivity index (χ1v) is 3.33. The quantitative estimate of drug-likeness (QED) is 0.568. The standard InChI is InChI=1S/C6H11F2NO/c7-6(8)3-1-4(9)5(10)2-3/h3-6,10H,1-2,9H2/t3?,4-,5-/m1/s1. The van der Waals surface area contributed by atoms with Gasteiger partial charge in [-0.3, -0.25) is 0 Å². The fraction of sp³-hybridized carbons (Fsp3) is 1.00. The first-order chi connectivity index (χ1) is 4.61. The monoisotopic (exact) mass is 151 g/mol. The van der Waals surface area contributed by atoms with Crippen molar-refractivity contribution < 1.29 is 13.9 Å². The van der Waals surface area contributed by atoms with Gasteiger partial charge in [-0.1, -0.05) is 0 Å². The predicted octanol–water partition coefficient (Wildman–Crippen LogP) is 0.350. The second kappa shape index (κ2) is 2.80. The Morgan fingerprint density at radius 2 is 2.00 bits per heavy atom. The lowest BCUT2D eigenvalue weighted by molar-refractivity contribution is 0.0702. The minimum Gasteiger partial charge on any atom is -0.392 e. The van der Waals surface area contributed by atoms with E-state index in [1.54, 1.807) is 0 Å². The molecule has 1 fully saturated rings. The number of hydrogen-bond donors (Lipinski definition) is 2. The highest BCUT2D eigenvalue weighted by Crippen LogP contribution is 2.29. The van der Waals surface area contributed by atoms with Crippen molar-refractivity contribution >= 4 is 0 Å². The third-order valence-electron chi connectivity index (χ3n) is 1.97. The van der Waals surface area contributed by atoms with Crippen molar-refractivity contribution in [3.05, 3.63) is 0 Å². The topological polar surface area (TPSA) is 46.2 Å². The average Bonchev–Trinajstić information content (AvgIpc) is 2.13. The molecule has 0 radical (unpaired) electrons. The molecule has 0 aromatic carbocycles. The number of rotatable bonds is 1. The molecule has 0 heterocycles. The van der Waals surface area contributed by atoms with Crippen molar-refractivity contribution in [2.24, 2.45) is 11.7 Å². The smallest absolute Gasteiger partial charge is 0.241 e. The van der Waals surface area contributed by atoms with Crippen LogP contribution in [-0.4, -0.2) is 23.7 Å². The summed E-state index contributed by atoms with van der Waals surface area (Å²) < 4.78 is 23.8. The van der Waals surface area contributed by atoms with Gasteiger partial charge in [-0.25, -0.2) is 8.78 Å². The molecule has 1 aliphatic rings. The summed E-state index contributed by atoms with van der Waals surface area (Å²) in [6.07, 6.45) is -2.65. The maximum atomic E-state index is 11.9. The highest BCUT2D eigenvalue weighted by molar-refractivity contribution is 4.86. The molecule has 0 spiro atoms. The Kier molecular flexibility index (Phi) is 2.21. The molecule has 60 valence electrons. The molecule has 0 aliphatic heterocycles. The zero-order valence-electron chi connectivity index (χ0n) is 5.50. The lowest BCUT2D eigenvalue weighted by Crippen LogP contribution is -2.28. The molecule has 1 saturated carbocycles. The lowest BCUT2D eigenvalue weighted by Gasteiger charge is -2.04. The van der Waals surface area contributed by atoms with Crippen molar-refractivity contribution in [2.45, 2.75) is 31.4 Å². The Hall–Kier alpha value is -0.220. The van der Waals surface area contributed by atoms with Gasteiger partial charge in [-0.15, -0.1) is 0 Å². The maximum absolute atomic E-state index is 11.9. The van der Waals surface area contributed by atoms with Crippen molar-refractivity contribution in [2.75, 3.05) is 0 Å². The molecule has 0 amide bonds. The average molecular weight is 151 g/mol. The number of aliphatic hydroxyl groups excluding tert-OH is 1. The molecular weight excluding hydrogens is 140 g/mol. The van der Waals surface area contributed by atoms with E-state index in [4.69, 9.17) is 10.8 Å². The van der Waals surface area contributed by atoms with E-state index in [0.717, 1.165) is 0 Å². The molecule has 4 heteroatoms. The summed E-state index contributed by atoms with van der Waals surface area (Å²) in [5.74, 6) is -0.690. The molecule has 1 unspecified atom stereocenters. The van der Waals surface area contributed by atoms with E-state index < -0.39 is 24.5 Å². The van der Waals surface area contributed by atoms with Gasteiger partial charge in [0.1, 0.15) is 0 Å². The molecule has 0 bridgehead atoms. The Labute approximate surface area is 58.0 Å². The first kappa shape index (κ1) is 7.88. The highest BCUT2D eigenvalue weighted by Gasteiger charge is 2.35. The SMILES string of the molecule is N[C@@H]1CC(C(F)F)C[C@H]1O. The van der Waals surface area contributed by atoms with E-state index in [1.807, 2.05) is 0 Å².